The number of nitrogens with one attached hydrogen (secondary N) is 1. The Morgan fingerprint density at radius 2 is 2.13 bits per heavy atom. The molecule has 0 unspecified atom stereocenters. The molecule has 0 bridgehead atoms. The summed E-state index contributed by atoms with van der Waals surface area (Å²) in [5, 5.41) is 5.00. The SMILES string of the molecule is CNc1nc(C)cc(-c2cc(Br)cs2)n1. The minimum absolute atomic E-state index is 0.662. The molecule has 0 saturated heterocycles. The fraction of sp³-hybridized carbons (Fsp3) is 0.200. The number of rotatable bonds is 2. The molecule has 0 aliphatic carbocycles. The summed E-state index contributed by atoms with van der Waals surface area (Å²) in [5.41, 5.74) is 1.93. The van der Waals surface area contributed by atoms with Crippen LogP contribution in [0, 0.1) is 6.92 Å². The second kappa shape index (κ2) is 4.28. The van der Waals surface area contributed by atoms with E-state index in [9.17, 15) is 0 Å². The predicted octanol–water partition coefficient (Wildman–Crippen LogP) is 3.32. The molecule has 0 aliphatic rings. The second-order valence-corrected chi connectivity index (χ2v) is 4.92. The van der Waals surface area contributed by atoms with E-state index in [0.717, 1.165) is 20.7 Å². The molecular formula is C10H10BrN3S. The monoisotopic (exact) mass is 283 g/mol. The number of anilines is 1. The average Bonchev–Trinajstić information content (AvgIpc) is 2.64. The Morgan fingerprint density at radius 3 is 2.73 bits per heavy atom. The van der Waals surface area contributed by atoms with Crippen LogP contribution in [0.2, 0.25) is 0 Å². The van der Waals surface area contributed by atoms with Gasteiger partial charge in [-0.3, -0.25) is 0 Å². The second-order valence-electron chi connectivity index (χ2n) is 3.10. The normalized spacial score (nSPS) is 10.3. The van der Waals surface area contributed by atoms with Gasteiger partial charge in [-0.15, -0.1) is 11.3 Å². The fourth-order valence-electron chi connectivity index (χ4n) is 1.25. The zero-order valence-electron chi connectivity index (χ0n) is 8.41. The van der Waals surface area contributed by atoms with Crippen molar-refractivity contribution in [3.05, 3.63) is 27.7 Å². The van der Waals surface area contributed by atoms with Gasteiger partial charge in [0.15, 0.2) is 0 Å². The Labute approximate surface area is 101 Å². The Kier molecular flexibility index (Phi) is 3.02. The first kappa shape index (κ1) is 10.6. The molecule has 78 valence electrons. The summed E-state index contributed by atoms with van der Waals surface area (Å²) in [6.45, 7) is 1.97. The van der Waals surface area contributed by atoms with Crippen molar-refractivity contribution in [3.8, 4) is 10.6 Å². The molecule has 2 aromatic rings. The number of halogens is 1. The van der Waals surface area contributed by atoms with Crippen LogP contribution in [0.1, 0.15) is 5.69 Å². The van der Waals surface area contributed by atoms with Crippen molar-refractivity contribution in [3.63, 3.8) is 0 Å². The maximum absolute atomic E-state index is 4.40. The summed E-state index contributed by atoms with van der Waals surface area (Å²) in [4.78, 5) is 9.80. The van der Waals surface area contributed by atoms with Gasteiger partial charge in [-0.2, -0.15) is 0 Å². The van der Waals surface area contributed by atoms with Crippen LogP contribution in [0.4, 0.5) is 5.95 Å². The third kappa shape index (κ3) is 2.35. The zero-order valence-corrected chi connectivity index (χ0v) is 10.8. The number of aryl methyl sites for hydroxylation is 1. The van der Waals surface area contributed by atoms with E-state index < -0.39 is 0 Å². The standard InChI is InChI=1S/C10H10BrN3S/c1-6-3-8(14-10(12-2)13-6)9-4-7(11)5-15-9/h3-5H,1-2H3,(H,12,13,14). The molecule has 0 spiro atoms. The van der Waals surface area contributed by atoms with Crippen LogP contribution in [-0.4, -0.2) is 17.0 Å². The van der Waals surface area contributed by atoms with Crippen LogP contribution in [0.15, 0.2) is 22.0 Å². The third-order valence-electron chi connectivity index (χ3n) is 1.90. The van der Waals surface area contributed by atoms with Crippen molar-refractivity contribution in [2.45, 2.75) is 6.92 Å². The Hall–Kier alpha value is -0.940. The molecule has 0 radical (unpaired) electrons. The van der Waals surface area contributed by atoms with Crippen molar-refractivity contribution >= 4 is 33.2 Å². The van der Waals surface area contributed by atoms with Crippen LogP contribution >= 0.6 is 27.3 Å². The lowest BCUT2D eigenvalue weighted by Gasteiger charge is -2.02. The number of hydrogen-bond donors (Lipinski definition) is 1. The average molecular weight is 284 g/mol. The van der Waals surface area contributed by atoms with Crippen LogP contribution < -0.4 is 5.32 Å². The van der Waals surface area contributed by atoms with E-state index in [4.69, 9.17) is 0 Å². The van der Waals surface area contributed by atoms with Crippen LogP contribution in [0.3, 0.4) is 0 Å². The first-order valence-electron chi connectivity index (χ1n) is 4.47. The van der Waals surface area contributed by atoms with E-state index in [-0.39, 0.29) is 0 Å². The summed E-state index contributed by atoms with van der Waals surface area (Å²) >= 11 is 5.10. The number of aromatic nitrogens is 2. The van der Waals surface area contributed by atoms with Crippen molar-refractivity contribution in [2.24, 2.45) is 0 Å². The van der Waals surface area contributed by atoms with Gasteiger partial charge in [0, 0.05) is 22.6 Å². The zero-order chi connectivity index (χ0) is 10.8. The smallest absolute Gasteiger partial charge is 0.223 e. The molecule has 3 nitrogen and oxygen atoms in total. The summed E-state index contributed by atoms with van der Waals surface area (Å²) < 4.78 is 1.09. The highest BCUT2D eigenvalue weighted by Crippen LogP contribution is 2.29. The van der Waals surface area contributed by atoms with Gasteiger partial charge in [0.05, 0.1) is 10.6 Å². The van der Waals surface area contributed by atoms with E-state index in [2.05, 4.69) is 37.3 Å². The van der Waals surface area contributed by atoms with E-state index in [1.807, 2.05) is 25.4 Å². The predicted molar refractivity (Wildman–Crippen MR) is 67.3 cm³/mol. The molecule has 2 rings (SSSR count). The lowest BCUT2D eigenvalue weighted by atomic mass is 10.3. The Morgan fingerprint density at radius 1 is 1.33 bits per heavy atom. The topological polar surface area (TPSA) is 37.8 Å². The van der Waals surface area contributed by atoms with E-state index >= 15 is 0 Å². The van der Waals surface area contributed by atoms with Gasteiger partial charge < -0.3 is 5.32 Å². The Balaban J connectivity index is 2.48. The van der Waals surface area contributed by atoms with Gasteiger partial charge in [0.25, 0.3) is 0 Å². The highest BCUT2D eigenvalue weighted by molar-refractivity contribution is 9.10. The molecule has 0 aromatic carbocycles. The molecule has 0 atom stereocenters. The third-order valence-corrected chi connectivity index (χ3v) is 3.61. The quantitative estimate of drug-likeness (QED) is 0.919. The van der Waals surface area contributed by atoms with Gasteiger partial charge >= 0.3 is 0 Å². The highest BCUT2D eigenvalue weighted by atomic mass is 79.9. The van der Waals surface area contributed by atoms with Gasteiger partial charge in [0.2, 0.25) is 5.95 Å². The molecule has 0 aliphatic heterocycles. The van der Waals surface area contributed by atoms with E-state index in [0.29, 0.717) is 5.95 Å². The van der Waals surface area contributed by atoms with Gasteiger partial charge in [-0.05, 0) is 35.0 Å². The lowest BCUT2D eigenvalue weighted by Crippen LogP contribution is -1.98. The number of nitrogens with zero attached hydrogens (tertiary/aromatic N) is 2. The first-order chi connectivity index (χ1) is 7.19. The maximum Gasteiger partial charge on any atom is 0.223 e. The maximum atomic E-state index is 4.40. The number of hydrogen-bond acceptors (Lipinski definition) is 4. The molecule has 0 amide bonds. The van der Waals surface area contributed by atoms with Crippen molar-refractivity contribution in [2.75, 3.05) is 12.4 Å². The minimum atomic E-state index is 0.662. The Bertz CT molecular complexity index is 481. The largest absolute Gasteiger partial charge is 0.357 e. The van der Waals surface area contributed by atoms with Crippen LogP contribution in [0.5, 0.6) is 0 Å². The van der Waals surface area contributed by atoms with Crippen molar-refractivity contribution < 1.29 is 0 Å². The van der Waals surface area contributed by atoms with Crippen molar-refractivity contribution in [1.82, 2.24) is 9.97 Å². The van der Waals surface area contributed by atoms with E-state index in [1.165, 1.54) is 0 Å². The fourth-order valence-corrected chi connectivity index (χ4v) is 2.64. The molecule has 1 N–H and O–H groups in total. The first-order valence-corrected chi connectivity index (χ1v) is 6.14. The highest BCUT2D eigenvalue weighted by Gasteiger charge is 2.05. The van der Waals surface area contributed by atoms with Crippen LogP contribution in [-0.2, 0) is 0 Å². The van der Waals surface area contributed by atoms with Crippen LogP contribution in [0.25, 0.3) is 10.6 Å². The molecule has 0 saturated carbocycles. The molecule has 0 fully saturated rings. The van der Waals surface area contributed by atoms with Gasteiger partial charge in [-0.1, -0.05) is 0 Å². The summed E-state index contributed by atoms with van der Waals surface area (Å²) in [6.07, 6.45) is 0. The summed E-state index contributed by atoms with van der Waals surface area (Å²) in [7, 11) is 1.82. The van der Waals surface area contributed by atoms with Crippen molar-refractivity contribution in [1.29, 1.82) is 0 Å². The van der Waals surface area contributed by atoms with Gasteiger partial charge in [-0.25, -0.2) is 9.97 Å². The molecular weight excluding hydrogens is 274 g/mol. The number of thiophene rings is 1. The molecule has 15 heavy (non-hydrogen) atoms. The molecule has 2 aromatic heterocycles. The molecule has 5 heteroatoms. The summed E-state index contributed by atoms with van der Waals surface area (Å²) in [5.74, 6) is 0.662. The summed E-state index contributed by atoms with van der Waals surface area (Å²) in [6, 6.07) is 4.05. The minimum Gasteiger partial charge on any atom is -0.357 e. The van der Waals surface area contributed by atoms with Gasteiger partial charge in [0.1, 0.15) is 0 Å². The lowest BCUT2D eigenvalue weighted by molar-refractivity contribution is 1.10. The molecule has 2 heterocycles. The van der Waals surface area contributed by atoms with E-state index in [1.54, 1.807) is 11.3 Å².